The Morgan fingerprint density at radius 2 is 1.73 bits per heavy atom. The molecule has 9 nitrogen and oxygen atoms in total. The molecule has 0 saturated heterocycles. The summed E-state index contributed by atoms with van der Waals surface area (Å²) >= 11 is 0. The van der Waals surface area contributed by atoms with E-state index in [4.69, 9.17) is 4.74 Å². The van der Waals surface area contributed by atoms with Crippen LogP contribution in [0.1, 0.15) is 11.4 Å². The molecule has 158 valence electrons. The molecule has 0 amide bonds. The van der Waals surface area contributed by atoms with Gasteiger partial charge < -0.3 is 15.4 Å². The van der Waals surface area contributed by atoms with Gasteiger partial charge in [0.05, 0.1) is 7.11 Å². The van der Waals surface area contributed by atoms with Gasteiger partial charge in [-0.25, -0.2) is 28.1 Å². The second-order valence-electron chi connectivity index (χ2n) is 6.50. The van der Waals surface area contributed by atoms with Crippen molar-refractivity contribution in [1.82, 2.24) is 19.7 Å². The van der Waals surface area contributed by atoms with Crippen LogP contribution in [0.3, 0.4) is 0 Å². The van der Waals surface area contributed by atoms with Crippen LogP contribution in [0, 0.1) is 13.8 Å². The molecule has 0 aliphatic carbocycles. The lowest BCUT2D eigenvalue weighted by molar-refractivity contribution is 0.402. The quantitative estimate of drug-likeness (QED) is 0.445. The number of pyridine rings is 1. The third-order valence-electron chi connectivity index (χ3n) is 4.09. The van der Waals surface area contributed by atoms with Crippen LogP contribution in [-0.4, -0.2) is 43.6 Å². The van der Waals surface area contributed by atoms with Crippen LogP contribution in [0.2, 0.25) is 0 Å². The standard InChI is InChI=1S/C20H24N6O3S/c1-14-8-9-21-18(12-14)26-20-13-19(24-15(2)25-20)22-10-11-23-30(27,28)17-7-5-4-6-16(17)29-3/h4-9,12-13,23H,10-11H2,1-3H3,(H2,21,22,24,25,26). The van der Waals surface area contributed by atoms with Gasteiger partial charge in [-0.05, 0) is 43.7 Å². The molecule has 0 aliphatic heterocycles. The Morgan fingerprint density at radius 1 is 0.967 bits per heavy atom. The highest BCUT2D eigenvalue weighted by Gasteiger charge is 2.18. The van der Waals surface area contributed by atoms with Crippen molar-refractivity contribution in [2.24, 2.45) is 0 Å². The number of hydrogen-bond donors (Lipinski definition) is 3. The maximum Gasteiger partial charge on any atom is 0.244 e. The van der Waals surface area contributed by atoms with Crippen molar-refractivity contribution < 1.29 is 13.2 Å². The molecule has 1 aromatic carbocycles. The first kappa shape index (κ1) is 21.5. The minimum absolute atomic E-state index is 0.0996. The molecule has 0 saturated carbocycles. The van der Waals surface area contributed by atoms with Crippen molar-refractivity contribution in [3.63, 3.8) is 0 Å². The van der Waals surface area contributed by atoms with Crippen molar-refractivity contribution in [2.75, 3.05) is 30.8 Å². The molecule has 2 heterocycles. The van der Waals surface area contributed by atoms with Gasteiger partial charge in [0, 0.05) is 25.4 Å². The van der Waals surface area contributed by atoms with E-state index in [1.807, 2.05) is 19.1 Å². The van der Waals surface area contributed by atoms with Gasteiger partial charge in [-0.2, -0.15) is 0 Å². The van der Waals surface area contributed by atoms with Crippen LogP contribution in [0.15, 0.2) is 53.6 Å². The minimum Gasteiger partial charge on any atom is -0.495 e. The van der Waals surface area contributed by atoms with Gasteiger partial charge in [0.15, 0.2) is 0 Å². The van der Waals surface area contributed by atoms with Crippen LogP contribution in [0.5, 0.6) is 5.75 Å². The molecular formula is C20H24N6O3S. The molecule has 0 aliphatic rings. The Kier molecular flexibility index (Phi) is 6.80. The molecule has 0 atom stereocenters. The zero-order chi connectivity index (χ0) is 21.6. The van der Waals surface area contributed by atoms with E-state index in [1.54, 1.807) is 37.4 Å². The van der Waals surface area contributed by atoms with Crippen LogP contribution in [0.25, 0.3) is 0 Å². The van der Waals surface area contributed by atoms with Crippen LogP contribution < -0.4 is 20.1 Å². The monoisotopic (exact) mass is 428 g/mol. The van der Waals surface area contributed by atoms with E-state index >= 15 is 0 Å². The number of ether oxygens (including phenoxy) is 1. The van der Waals surface area contributed by atoms with Gasteiger partial charge in [0.2, 0.25) is 10.0 Å². The number of para-hydroxylation sites is 1. The summed E-state index contributed by atoms with van der Waals surface area (Å²) in [6.45, 7) is 4.28. The van der Waals surface area contributed by atoms with Crippen LogP contribution >= 0.6 is 0 Å². The number of aryl methyl sites for hydroxylation is 2. The van der Waals surface area contributed by atoms with E-state index in [0.717, 1.165) is 5.56 Å². The Bertz CT molecular complexity index is 1120. The maximum atomic E-state index is 12.5. The maximum absolute atomic E-state index is 12.5. The highest BCUT2D eigenvalue weighted by Crippen LogP contribution is 2.22. The highest BCUT2D eigenvalue weighted by molar-refractivity contribution is 7.89. The van der Waals surface area contributed by atoms with E-state index in [1.165, 1.54) is 13.2 Å². The summed E-state index contributed by atoms with van der Waals surface area (Å²) in [5, 5.41) is 6.25. The number of sulfonamides is 1. The van der Waals surface area contributed by atoms with Crippen molar-refractivity contribution in [3.8, 4) is 5.75 Å². The second kappa shape index (κ2) is 9.51. The van der Waals surface area contributed by atoms with Crippen LogP contribution in [-0.2, 0) is 10.0 Å². The van der Waals surface area contributed by atoms with Crippen molar-refractivity contribution in [3.05, 3.63) is 60.0 Å². The zero-order valence-electron chi connectivity index (χ0n) is 17.0. The summed E-state index contributed by atoms with van der Waals surface area (Å²) in [5.41, 5.74) is 1.08. The summed E-state index contributed by atoms with van der Waals surface area (Å²) in [5.74, 6) is 2.73. The second-order valence-corrected chi connectivity index (χ2v) is 8.24. The fraction of sp³-hybridized carbons (Fsp3) is 0.250. The van der Waals surface area contributed by atoms with Gasteiger partial charge in [-0.15, -0.1) is 0 Å². The average molecular weight is 429 g/mol. The molecule has 30 heavy (non-hydrogen) atoms. The Labute approximate surface area is 176 Å². The fourth-order valence-electron chi connectivity index (χ4n) is 2.75. The summed E-state index contributed by atoms with van der Waals surface area (Å²) in [6.07, 6.45) is 1.72. The van der Waals surface area contributed by atoms with Gasteiger partial charge in [-0.1, -0.05) is 12.1 Å². The number of rotatable bonds is 9. The Hall–Kier alpha value is -3.24. The number of aromatic nitrogens is 3. The number of nitrogens with one attached hydrogen (secondary N) is 3. The fourth-order valence-corrected chi connectivity index (χ4v) is 3.95. The lowest BCUT2D eigenvalue weighted by atomic mass is 10.3. The number of methoxy groups -OCH3 is 1. The SMILES string of the molecule is COc1ccccc1S(=O)(=O)NCCNc1cc(Nc2cc(C)ccn2)nc(C)n1. The largest absolute Gasteiger partial charge is 0.495 e. The molecule has 0 fully saturated rings. The van der Waals surface area contributed by atoms with E-state index in [9.17, 15) is 8.42 Å². The average Bonchev–Trinajstić information content (AvgIpc) is 2.71. The number of benzene rings is 1. The van der Waals surface area contributed by atoms with E-state index in [-0.39, 0.29) is 11.4 Å². The number of nitrogens with zero attached hydrogens (tertiary/aromatic N) is 3. The predicted molar refractivity (Wildman–Crippen MR) is 116 cm³/mol. The molecule has 0 bridgehead atoms. The van der Waals surface area contributed by atoms with Gasteiger partial charge in [-0.3, -0.25) is 0 Å². The highest BCUT2D eigenvalue weighted by atomic mass is 32.2. The molecule has 0 spiro atoms. The van der Waals surface area contributed by atoms with Gasteiger partial charge in [0.25, 0.3) is 0 Å². The van der Waals surface area contributed by atoms with Crippen molar-refractivity contribution >= 4 is 27.5 Å². The first-order valence-corrected chi connectivity index (χ1v) is 10.8. The third-order valence-corrected chi connectivity index (χ3v) is 5.59. The Balaban J connectivity index is 1.60. The van der Waals surface area contributed by atoms with E-state index < -0.39 is 10.0 Å². The summed E-state index contributed by atoms with van der Waals surface area (Å²) in [7, 11) is -2.25. The summed E-state index contributed by atoms with van der Waals surface area (Å²) in [6, 6.07) is 12.0. The Morgan fingerprint density at radius 3 is 2.50 bits per heavy atom. The van der Waals surface area contributed by atoms with Crippen LogP contribution in [0.4, 0.5) is 17.5 Å². The summed E-state index contributed by atoms with van der Waals surface area (Å²) in [4.78, 5) is 13.1. The van der Waals surface area contributed by atoms with Crippen molar-refractivity contribution in [1.29, 1.82) is 0 Å². The molecule has 3 N–H and O–H groups in total. The van der Waals surface area contributed by atoms with Crippen molar-refractivity contribution in [2.45, 2.75) is 18.7 Å². The van der Waals surface area contributed by atoms with Gasteiger partial charge in [0.1, 0.15) is 33.9 Å². The predicted octanol–water partition coefficient (Wildman–Crippen LogP) is 2.63. The molecule has 3 rings (SSSR count). The number of anilines is 3. The minimum atomic E-state index is -3.69. The molecule has 0 unspecified atom stereocenters. The number of hydrogen-bond acceptors (Lipinski definition) is 8. The molecular weight excluding hydrogens is 404 g/mol. The lowest BCUT2D eigenvalue weighted by Gasteiger charge is -2.12. The molecule has 0 radical (unpaired) electrons. The molecule has 2 aromatic heterocycles. The molecule has 10 heteroatoms. The normalized spacial score (nSPS) is 11.2. The smallest absolute Gasteiger partial charge is 0.244 e. The first-order chi connectivity index (χ1) is 14.4. The van der Waals surface area contributed by atoms with E-state index in [0.29, 0.717) is 35.6 Å². The topological polar surface area (TPSA) is 118 Å². The lowest BCUT2D eigenvalue weighted by Crippen LogP contribution is -2.29. The van der Waals surface area contributed by atoms with Gasteiger partial charge >= 0.3 is 0 Å². The molecule has 3 aromatic rings. The van der Waals surface area contributed by atoms with E-state index in [2.05, 4.69) is 30.3 Å². The summed E-state index contributed by atoms with van der Waals surface area (Å²) < 4.78 is 32.7. The first-order valence-electron chi connectivity index (χ1n) is 9.29. The zero-order valence-corrected chi connectivity index (χ0v) is 17.8. The third kappa shape index (κ3) is 5.65.